The van der Waals surface area contributed by atoms with Crippen LogP contribution in [0.1, 0.15) is 50.3 Å². The van der Waals surface area contributed by atoms with Gasteiger partial charge >= 0.3 is 0 Å². The van der Waals surface area contributed by atoms with E-state index in [1.807, 2.05) is 45.0 Å². The first-order valence-corrected chi connectivity index (χ1v) is 10.1. The second-order valence-electron chi connectivity index (χ2n) is 6.68. The molecule has 0 heterocycles. The fourth-order valence-corrected chi connectivity index (χ4v) is 3.41. The molecule has 0 fully saturated rings. The molecule has 0 unspecified atom stereocenters. The molecule has 27 heavy (non-hydrogen) atoms. The van der Waals surface area contributed by atoms with Gasteiger partial charge < -0.3 is 14.8 Å². The van der Waals surface area contributed by atoms with Crippen LogP contribution in [0.15, 0.2) is 34.8 Å². The molecule has 0 bridgehead atoms. The largest absolute Gasteiger partial charge is 0.490 e. The molecule has 2 rings (SSSR count). The van der Waals surface area contributed by atoms with Crippen LogP contribution in [0.2, 0.25) is 0 Å². The molecule has 2 aromatic rings. The van der Waals surface area contributed by atoms with Crippen molar-refractivity contribution >= 4 is 27.5 Å². The lowest BCUT2D eigenvalue weighted by Gasteiger charge is -2.17. The lowest BCUT2D eigenvalue weighted by molar-refractivity contribution is -0.115. The number of hydrogen-bond acceptors (Lipinski definition) is 3. The summed E-state index contributed by atoms with van der Waals surface area (Å²) in [5.74, 6) is 1.61. The average molecular weight is 434 g/mol. The molecule has 0 aliphatic rings. The van der Waals surface area contributed by atoms with Crippen molar-refractivity contribution in [3.63, 3.8) is 0 Å². The average Bonchev–Trinajstić information content (AvgIpc) is 2.60. The summed E-state index contributed by atoms with van der Waals surface area (Å²) in [6, 6.07) is 9.84. The molecular formula is C22H28BrNO3. The van der Waals surface area contributed by atoms with E-state index in [-0.39, 0.29) is 12.3 Å². The minimum atomic E-state index is -0.0569. The number of carbonyl (C=O) groups excluding carboxylic acids is 1. The van der Waals surface area contributed by atoms with E-state index in [2.05, 4.69) is 41.2 Å². The molecule has 0 aliphatic heterocycles. The van der Waals surface area contributed by atoms with Gasteiger partial charge in [0.2, 0.25) is 5.91 Å². The predicted molar refractivity (Wildman–Crippen MR) is 114 cm³/mol. The molecule has 146 valence electrons. The van der Waals surface area contributed by atoms with E-state index in [1.165, 1.54) is 0 Å². The van der Waals surface area contributed by atoms with Crippen molar-refractivity contribution < 1.29 is 14.3 Å². The quantitative estimate of drug-likeness (QED) is 0.566. The summed E-state index contributed by atoms with van der Waals surface area (Å²) in [5.41, 5.74) is 3.98. The SMILES string of the molecule is CCOc1cc(Br)c(CC(=O)Nc2c(C)cccc2C(C)C)cc1OCC. The molecule has 0 atom stereocenters. The minimum absolute atomic E-state index is 0.0569. The van der Waals surface area contributed by atoms with Crippen molar-refractivity contribution in [2.45, 2.75) is 47.0 Å². The Bertz CT molecular complexity index is 802. The Morgan fingerprint density at radius 1 is 1.11 bits per heavy atom. The molecular weight excluding hydrogens is 406 g/mol. The lowest BCUT2D eigenvalue weighted by atomic mass is 9.98. The molecule has 0 radical (unpaired) electrons. The number of rotatable bonds is 8. The van der Waals surface area contributed by atoms with Gasteiger partial charge in [0.15, 0.2) is 11.5 Å². The number of hydrogen-bond donors (Lipinski definition) is 1. The van der Waals surface area contributed by atoms with Gasteiger partial charge in [-0.15, -0.1) is 0 Å². The zero-order valence-corrected chi connectivity index (χ0v) is 18.3. The van der Waals surface area contributed by atoms with Gasteiger partial charge in [-0.2, -0.15) is 0 Å². The Morgan fingerprint density at radius 3 is 2.33 bits per heavy atom. The number of nitrogens with one attached hydrogen (secondary N) is 1. The normalized spacial score (nSPS) is 10.8. The maximum absolute atomic E-state index is 12.7. The van der Waals surface area contributed by atoms with Crippen LogP contribution in [0.5, 0.6) is 11.5 Å². The Kier molecular flexibility index (Phi) is 7.72. The van der Waals surface area contributed by atoms with E-state index in [4.69, 9.17) is 9.47 Å². The van der Waals surface area contributed by atoms with Crippen molar-refractivity contribution in [3.8, 4) is 11.5 Å². The van der Waals surface area contributed by atoms with Crippen molar-refractivity contribution in [2.24, 2.45) is 0 Å². The van der Waals surface area contributed by atoms with E-state index < -0.39 is 0 Å². The van der Waals surface area contributed by atoms with Crippen LogP contribution < -0.4 is 14.8 Å². The first-order chi connectivity index (χ1) is 12.9. The topological polar surface area (TPSA) is 47.6 Å². The van der Waals surface area contributed by atoms with Crippen molar-refractivity contribution in [3.05, 3.63) is 51.5 Å². The summed E-state index contributed by atoms with van der Waals surface area (Å²) in [6.45, 7) is 11.2. The van der Waals surface area contributed by atoms with Crippen LogP contribution in [-0.4, -0.2) is 19.1 Å². The summed E-state index contributed by atoms with van der Waals surface area (Å²) in [6.07, 6.45) is 0.249. The van der Waals surface area contributed by atoms with E-state index >= 15 is 0 Å². The fourth-order valence-electron chi connectivity index (χ4n) is 2.95. The van der Waals surface area contributed by atoms with Crippen molar-refractivity contribution in [1.82, 2.24) is 0 Å². The maximum atomic E-state index is 12.7. The fraction of sp³-hybridized carbons (Fsp3) is 0.409. The van der Waals surface area contributed by atoms with Crippen LogP contribution in [0.4, 0.5) is 5.69 Å². The molecule has 0 spiro atoms. The predicted octanol–water partition coefficient (Wildman–Crippen LogP) is 5.86. The van der Waals surface area contributed by atoms with Gasteiger partial charge in [-0.25, -0.2) is 0 Å². The smallest absolute Gasteiger partial charge is 0.228 e. The van der Waals surface area contributed by atoms with Crippen LogP contribution in [0.25, 0.3) is 0 Å². The number of ether oxygens (including phenoxy) is 2. The number of amides is 1. The highest BCUT2D eigenvalue weighted by atomic mass is 79.9. The van der Waals surface area contributed by atoms with E-state index in [9.17, 15) is 4.79 Å². The third-order valence-electron chi connectivity index (χ3n) is 4.25. The Labute approximate surface area is 170 Å². The lowest BCUT2D eigenvalue weighted by Crippen LogP contribution is -2.17. The Hall–Kier alpha value is -2.01. The summed E-state index contributed by atoms with van der Waals surface area (Å²) >= 11 is 3.55. The van der Waals surface area contributed by atoms with Crippen molar-refractivity contribution in [1.29, 1.82) is 0 Å². The first-order valence-electron chi connectivity index (χ1n) is 9.34. The van der Waals surface area contributed by atoms with E-state index in [1.54, 1.807) is 0 Å². The number of halogens is 1. The molecule has 0 saturated heterocycles. The van der Waals surface area contributed by atoms with Crippen molar-refractivity contribution in [2.75, 3.05) is 18.5 Å². The van der Waals surface area contributed by atoms with Crippen LogP contribution in [0.3, 0.4) is 0 Å². The monoisotopic (exact) mass is 433 g/mol. The Balaban J connectivity index is 2.25. The summed E-state index contributed by atoms with van der Waals surface area (Å²) in [7, 11) is 0. The second-order valence-corrected chi connectivity index (χ2v) is 7.53. The molecule has 0 saturated carbocycles. The molecule has 2 aromatic carbocycles. The highest BCUT2D eigenvalue weighted by Crippen LogP contribution is 2.34. The summed E-state index contributed by atoms with van der Waals surface area (Å²) < 4.78 is 12.1. The van der Waals surface area contributed by atoms with Gasteiger partial charge in [-0.05, 0) is 55.5 Å². The van der Waals surface area contributed by atoms with Gasteiger partial charge in [-0.1, -0.05) is 48.0 Å². The molecule has 1 N–H and O–H groups in total. The summed E-state index contributed by atoms with van der Waals surface area (Å²) in [5, 5.41) is 3.10. The third-order valence-corrected chi connectivity index (χ3v) is 4.99. The van der Waals surface area contributed by atoms with E-state index in [0.29, 0.717) is 30.6 Å². The first kappa shape index (κ1) is 21.3. The highest BCUT2D eigenvalue weighted by Gasteiger charge is 2.16. The molecule has 0 aromatic heterocycles. The number of para-hydroxylation sites is 1. The number of carbonyl (C=O) groups is 1. The van der Waals surface area contributed by atoms with Gasteiger partial charge in [0, 0.05) is 10.2 Å². The summed E-state index contributed by atoms with van der Waals surface area (Å²) in [4.78, 5) is 12.7. The van der Waals surface area contributed by atoms with Gasteiger partial charge in [0.1, 0.15) is 0 Å². The van der Waals surface area contributed by atoms with Gasteiger partial charge in [0.05, 0.1) is 19.6 Å². The molecule has 1 amide bonds. The Morgan fingerprint density at radius 2 is 1.74 bits per heavy atom. The molecule has 4 nitrogen and oxygen atoms in total. The van der Waals surface area contributed by atoms with E-state index in [0.717, 1.165) is 26.9 Å². The van der Waals surface area contributed by atoms with Gasteiger partial charge in [0.25, 0.3) is 0 Å². The standard InChI is InChI=1S/C22H28BrNO3/c1-6-26-19-11-16(18(23)13-20(19)27-7-2)12-21(25)24-22-15(5)9-8-10-17(22)14(3)4/h8-11,13-14H,6-7,12H2,1-5H3,(H,24,25). The zero-order valence-electron chi connectivity index (χ0n) is 16.7. The second kappa shape index (κ2) is 9.79. The molecule has 0 aliphatic carbocycles. The molecule has 5 heteroatoms. The number of anilines is 1. The third kappa shape index (κ3) is 5.48. The van der Waals surface area contributed by atoms with Crippen LogP contribution in [-0.2, 0) is 11.2 Å². The number of benzene rings is 2. The van der Waals surface area contributed by atoms with Gasteiger partial charge in [-0.3, -0.25) is 4.79 Å². The maximum Gasteiger partial charge on any atom is 0.228 e. The van der Waals surface area contributed by atoms with Crippen LogP contribution >= 0.6 is 15.9 Å². The highest BCUT2D eigenvalue weighted by molar-refractivity contribution is 9.10. The zero-order chi connectivity index (χ0) is 20.0. The number of aryl methyl sites for hydroxylation is 1. The van der Waals surface area contributed by atoms with Crippen LogP contribution in [0, 0.1) is 6.92 Å². The minimum Gasteiger partial charge on any atom is -0.490 e.